The SMILES string of the molecule is C=C(CC)C(F)(F)C(=O)CCCCN. The van der Waals surface area contributed by atoms with E-state index < -0.39 is 11.7 Å². The predicted molar refractivity (Wildman–Crippen MR) is 52.3 cm³/mol. The molecule has 0 unspecified atom stereocenters. The van der Waals surface area contributed by atoms with Gasteiger partial charge in [-0.1, -0.05) is 13.5 Å². The highest BCUT2D eigenvalue weighted by atomic mass is 19.3. The number of hydrogen-bond donors (Lipinski definition) is 1. The predicted octanol–water partition coefficient (Wildman–Crippen LogP) is 2.29. The van der Waals surface area contributed by atoms with E-state index in [0.29, 0.717) is 19.4 Å². The highest BCUT2D eigenvalue weighted by Crippen LogP contribution is 2.27. The molecule has 0 bridgehead atoms. The Morgan fingerprint density at radius 3 is 2.43 bits per heavy atom. The first-order chi connectivity index (χ1) is 6.46. The maximum absolute atomic E-state index is 13.2. The Morgan fingerprint density at radius 1 is 1.43 bits per heavy atom. The molecule has 0 aromatic rings. The second kappa shape index (κ2) is 5.86. The van der Waals surface area contributed by atoms with Gasteiger partial charge in [0.05, 0.1) is 0 Å². The van der Waals surface area contributed by atoms with Crippen LogP contribution in [0, 0.1) is 0 Å². The Morgan fingerprint density at radius 2 is 2.00 bits per heavy atom. The van der Waals surface area contributed by atoms with Crippen LogP contribution in [0.25, 0.3) is 0 Å². The van der Waals surface area contributed by atoms with Gasteiger partial charge in [0.15, 0.2) is 0 Å². The lowest BCUT2D eigenvalue weighted by atomic mass is 10.0. The topological polar surface area (TPSA) is 43.1 Å². The molecule has 14 heavy (non-hydrogen) atoms. The van der Waals surface area contributed by atoms with Crippen LogP contribution in [-0.4, -0.2) is 18.3 Å². The maximum Gasteiger partial charge on any atom is 0.326 e. The molecule has 2 nitrogen and oxygen atoms in total. The molecule has 0 heterocycles. The van der Waals surface area contributed by atoms with Crippen molar-refractivity contribution in [3.63, 3.8) is 0 Å². The normalized spacial score (nSPS) is 11.4. The number of halogens is 2. The van der Waals surface area contributed by atoms with Crippen LogP contribution < -0.4 is 5.73 Å². The number of Topliss-reactive ketones (excluding diaryl/α,β-unsaturated/α-hetero) is 1. The van der Waals surface area contributed by atoms with E-state index in [1.54, 1.807) is 6.92 Å². The standard InChI is InChI=1S/C10H17F2NO/c1-3-8(2)10(11,12)9(14)6-4-5-7-13/h2-7,13H2,1H3. The zero-order chi connectivity index (χ0) is 11.2. The second-order valence-corrected chi connectivity index (χ2v) is 3.20. The summed E-state index contributed by atoms with van der Waals surface area (Å²) in [5.74, 6) is -4.40. The zero-order valence-corrected chi connectivity index (χ0v) is 8.48. The van der Waals surface area contributed by atoms with Crippen LogP contribution in [0.1, 0.15) is 32.6 Å². The zero-order valence-electron chi connectivity index (χ0n) is 8.48. The van der Waals surface area contributed by atoms with Crippen LogP contribution in [0.5, 0.6) is 0 Å². The minimum atomic E-state index is -3.36. The van der Waals surface area contributed by atoms with Crippen molar-refractivity contribution >= 4 is 5.78 Å². The molecular formula is C10H17F2NO. The van der Waals surface area contributed by atoms with Gasteiger partial charge in [0.25, 0.3) is 0 Å². The number of alkyl halides is 2. The fourth-order valence-electron chi connectivity index (χ4n) is 1.01. The third-order valence-electron chi connectivity index (χ3n) is 2.08. The lowest BCUT2D eigenvalue weighted by molar-refractivity contribution is -0.138. The van der Waals surface area contributed by atoms with Crippen molar-refractivity contribution in [1.29, 1.82) is 0 Å². The summed E-state index contributed by atoms with van der Waals surface area (Å²) in [5.41, 5.74) is 4.88. The Balaban J connectivity index is 4.15. The van der Waals surface area contributed by atoms with Crippen molar-refractivity contribution in [2.24, 2.45) is 5.73 Å². The average molecular weight is 205 g/mol. The van der Waals surface area contributed by atoms with Crippen molar-refractivity contribution < 1.29 is 13.6 Å². The first kappa shape index (κ1) is 13.2. The second-order valence-electron chi connectivity index (χ2n) is 3.20. The van der Waals surface area contributed by atoms with Gasteiger partial charge in [-0.2, -0.15) is 8.78 Å². The van der Waals surface area contributed by atoms with E-state index in [1.807, 2.05) is 0 Å². The van der Waals surface area contributed by atoms with Gasteiger partial charge >= 0.3 is 5.92 Å². The average Bonchev–Trinajstić information content (AvgIpc) is 2.16. The van der Waals surface area contributed by atoms with Gasteiger partial charge in [-0.05, 0) is 31.4 Å². The lowest BCUT2D eigenvalue weighted by Crippen LogP contribution is -2.30. The third-order valence-corrected chi connectivity index (χ3v) is 2.08. The fraction of sp³-hybridized carbons (Fsp3) is 0.700. The molecule has 0 amide bonds. The minimum Gasteiger partial charge on any atom is -0.330 e. The minimum absolute atomic E-state index is 0.121. The Kier molecular flexibility index (Phi) is 5.53. The molecular weight excluding hydrogens is 188 g/mol. The van der Waals surface area contributed by atoms with Gasteiger partial charge in [-0.15, -0.1) is 0 Å². The number of carbonyl (C=O) groups excluding carboxylic acids is 1. The molecule has 0 fully saturated rings. The van der Waals surface area contributed by atoms with Crippen LogP contribution in [0.2, 0.25) is 0 Å². The van der Waals surface area contributed by atoms with E-state index in [4.69, 9.17) is 5.73 Å². The molecule has 0 rings (SSSR count). The quantitative estimate of drug-likeness (QED) is 0.512. The monoisotopic (exact) mass is 205 g/mol. The van der Waals surface area contributed by atoms with Crippen LogP contribution in [-0.2, 0) is 4.79 Å². The number of carbonyl (C=O) groups is 1. The van der Waals surface area contributed by atoms with Crippen molar-refractivity contribution in [2.75, 3.05) is 6.54 Å². The summed E-state index contributed by atoms with van der Waals surface area (Å²) in [6.07, 6.45) is 1.02. The molecule has 0 aliphatic carbocycles. The number of ketones is 1. The van der Waals surface area contributed by atoms with Gasteiger partial charge in [-0.3, -0.25) is 4.79 Å². The van der Waals surface area contributed by atoms with Crippen molar-refractivity contribution in [3.05, 3.63) is 12.2 Å². The van der Waals surface area contributed by atoms with Crippen LogP contribution >= 0.6 is 0 Å². The summed E-state index contributed by atoms with van der Waals surface area (Å²) < 4.78 is 26.3. The molecule has 0 saturated carbocycles. The fourth-order valence-corrected chi connectivity index (χ4v) is 1.01. The first-order valence-corrected chi connectivity index (χ1v) is 4.76. The lowest BCUT2D eigenvalue weighted by Gasteiger charge is -2.16. The molecule has 0 atom stereocenters. The number of hydrogen-bond acceptors (Lipinski definition) is 2. The maximum atomic E-state index is 13.2. The largest absolute Gasteiger partial charge is 0.330 e. The third kappa shape index (κ3) is 3.54. The molecule has 2 N–H and O–H groups in total. The molecule has 0 aliphatic heterocycles. The van der Waals surface area contributed by atoms with Crippen molar-refractivity contribution in [2.45, 2.75) is 38.5 Å². The summed E-state index contributed by atoms with van der Waals surface area (Å²) in [6.45, 7) is 5.18. The van der Waals surface area contributed by atoms with Crippen molar-refractivity contribution in [1.82, 2.24) is 0 Å². The van der Waals surface area contributed by atoms with E-state index in [-0.39, 0.29) is 18.4 Å². The first-order valence-electron chi connectivity index (χ1n) is 4.76. The summed E-state index contributed by atoms with van der Waals surface area (Å²) in [4.78, 5) is 11.1. The molecule has 0 saturated heterocycles. The molecule has 0 aromatic heterocycles. The number of allylic oxidation sites excluding steroid dienone is 1. The molecule has 0 aliphatic rings. The molecule has 4 heteroatoms. The summed E-state index contributed by atoms with van der Waals surface area (Å²) in [5, 5.41) is 0. The number of nitrogens with two attached hydrogens (primary N) is 1. The molecule has 0 spiro atoms. The summed E-state index contributed by atoms with van der Waals surface area (Å²) >= 11 is 0. The van der Waals surface area contributed by atoms with Gasteiger partial charge in [0.1, 0.15) is 0 Å². The van der Waals surface area contributed by atoms with Crippen molar-refractivity contribution in [3.8, 4) is 0 Å². The van der Waals surface area contributed by atoms with E-state index in [2.05, 4.69) is 6.58 Å². The molecule has 0 aromatic carbocycles. The van der Waals surface area contributed by atoms with E-state index in [0.717, 1.165) is 0 Å². The summed E-state index contributed by atoms with van der Waals surface area (Å²) in [6, 6.07) is 0. The number of unbranched alkanes of at least 4 members (excludes halogenated alkanes) is 1. The number of rotatable bonds is 7. The van der Waals surface area contributed by atoms with Crippen LogP contribution in [0.4, 0.5) is 8.78 Å². The van der Waals surface area contributed by atoms with Gasteiger partial charge in [0.2, 0.25) is 5.78 Å². The van der Waals surface area contributed by atoms with Crippen LogP contribution in [0.3, 0.4) is 0 Å². The van der Waals surface area contributed by atoms with Crippen LogP contribution in [0.15, 0.2) is 12.2 Å². The van der Waals surface area contributed by atoms with E-state index >= 15 is 0 Å². The highest BCUT2D eigenvalue weighted by Gasteiger charge is 2.39. The highest BCUT2D eigenvalue weighted by molar-refractivity contribution is 5.88. The van der Waals surface area contributed by atoms with E-state index in [1.165, 1.54) is 0 Å². The van der Waals surface area contributed by atoms with E-state index in [9.17, 15) is 13.6 Å². The molecule has 0 radical (unpaired) electrons. The van der Waals surface area contributed by atoms with Gasteiger partial charge in [-0.25, -0.2) is 0 Å². The Bertz CT molecular complexity index is 214. The van der Waals surface area contributed by atoms with Gasteiger partial charge in [0, 0.05) is 6.42 Å². The Hall–Kier alpha value is -0.770. The Labute approximate surface area is 83.2 Å². The molecule has 82 valence electrons. The summed E-state index contributed by atoms with van der Waals surface area (Å²) in [7, 11) is 0. The van der Waals surface area contributed by atoms with Gasteiger partial charge < -0.3 is 5.73 Å². The smallest absolute Gasteiger partial charge is 0.326 e.